The van der Waals surface area contributed by atoms with Crippen molar-refractivity contribution in [3.63, 3.8) is 0 Å². The van der Waals surface area contributed by atoms with Crippen molar-refractivity contribution in [2.75, 3.05) is 0 Å². The minimum Gasteiger partial charge on any atom is -0.198 e. The molecule has 0 fully saturated rings. The zero-order valence-corrected chi connectivity index (χ0v) is 12.1. The molecule has 0 saturated carbocycles. The molecule has 6 heteroatoms. The van der Waals surface area contributed by atoms with Gasteiger partial charge in [-0.05, 0) is 43.0 Å². The van der Waals surface area contributed by atoms with Gasteiger partial charge in [-0.2, -0.15) is 21.0 Å². The zero-order valence-electron chi connectivity index (χ0n) is 8.96. The SMILES string of the molecule is N#CCc1c(Br)c(C#N)c(Br)c(CC#N)c1C#N. The molecule has 0 spiro atoms. The van der Waals surface area contributed by atoms with Crippen LogP contribution in [0.1, 0.15) is 22.3 Å². The van der Waals surface area contributed by atoms with Gasteiger partial charge in [0, 0.05) is 8.95 Å². The lowest BCUT2D eigenvalue weighted by Crippen LogP contribution is -2.02. The lowest BCUT2D eigenvalue weighted by Gasteiger charge is -2.12. The Bertz CT molecular complexity index is 623. The summed E-state index contributed by atoms with van der Waals surface area (Å²) in [6, 6.07) is 7.89. The van der Waals surface area contributed by atoms with E-state index >= 15 is 0 Å². The summed E-state index contributed by atoms with van der Waals surface area (Å²) < 4.78 is 0.855. The van der Waals surface area contributed by atoms with Crippen molar-refractivity contribution in [3.05, 3.63) is 31.2 Å². The van der Waals surface area contributed by atoms with Crippen molar-refractivity contribution < 1.29 is 0 Å². The van der Waals surface area contributed by atoms with Crippen molar-refractivity contribution in [2.45, 2.75) is 12.8 Å². The molecular formula is C12H4Br2N4. The van der Waals surface area contributed by atoms with Crippen molar-refractivity contribution in [2.24, 2.45) is 0 Å². The van der Waals surface area contributed by atoms with E-state index < -0.39 is 0 Å². The largest absolute Gasteiger partial charge is 0.198 e. The molecule has 4 nitrogen and oxygen atoms in total. The molecule has 1 rings (SSSR count). The quantitative estimate of drug-likeness (QED) is 0.806. The number of halogens is 2. The van der Waals surface area contributed by atoms with E-state index in [0.717, 1.165) is 0 Å². The Morgan fingerprint density at radius 1 is 0.722 bits per heavy atom. The maximum atomic E-state index is 9.17. The van der Waals surface area contributed by atoms with E-state index in [0.29, 0.717) is 25.6 Å². The van der Waals surface area contributed by atoms with E-state index in [-0.39, 0.29) is 18.4 Å². The van der Waals surface area contributed by atoms with Gasteiger partial charge in [0.05, 0.1) is 42.2 Å². The fourth-order valence-electron chi connectivity index (χ4n) is 1.52. The molecule has 0 aliphatic heterocycles. The second kappa shape index (κ2) is 6.18. The van der Waals surface area contributed by atoms with E-state index in [2.05, 4.69) is 31.9 Å². The standard InChI is InChI=1S/C12H4Br2N4/c13-11-7(1-3-15)9(5-17)8(2-4-16)12(14)10(11)6-18/h1-2H2. The van der Waals surface area contributed by atoms with E-state index in [1.54, 1.807) is 0 Å². The van der Waals surface area contributed by atoms with Crippen molar-refractivity contribution in [3.8, 4) is 24.3 Å². The molecule has 1 aromatic rings. The molecule has 0 amide bonds. The number of nitrogens with zero attached hydrogens (tertiary/aromatic N) is 4. The lowest BCUT2D eigenvalue weighted by atomic mass is 9.95. The molecule has 0 atom stereocenters. The Morgan fingerprint density at radius 2 is 1.11 bits per heavy atom. The van der Waals surface area contributed by atoms with Gasteiger partial charge in [-0.1, -0.05) is 0 Å². The number of hydrogen-bond donors (Lipinski definition) is 0. The Morgan fingerprint density at radius 3 is 1.39 bits per heavy atom. The minimum absolute atomic E-state index is 0.00383. The van der Waals surface area contributed by atoms with Crippen LogP contribution in [0.5, 0.6) is 0 Å². The molecule has 0 bridgehead atoms. The smallest absolute Gasteiger partial charge is 0.102 e. The highest BCUT2D eigenvalue weighted by molar-refractivity contribution is 9.11. The third-order valence-electron chi connectivity index (χ3n) is 2.31. The summed E-state index contributed by atoms with van der Waals surface area (Å²) in [5, 5.41) is 35.8. The second-order valence-electron chi connectivity index (χ2n) is 3.23. The van der Waals surface area contributed by atoms with Crippen LogP contribution >= 0.6 is 31.9 Å². The van der Waals surface area contributed by atoms with E-state index in [1.807, 2.05) is 24.3 Å². The molecule has 0 aromatic heterocycles. The number of hydrogen-bond acceptors (Lipinski definition) is 4. The van der Waals surface area contributed by atoms with Gasteiger partial charge in [-0.25, -0.2) is 0 Å². The van der Waals surface area contributed by atoms with Gasteiger partial charge in [0.15, 0.2) is 0 Å². The van der Waals surface area contributed by atoms with Crippen molar-refractivity contribution in [1.29, 1.82) is 21.0 Å². The van der Waals surface area contributed by atoms with E-state index in [9.17, 15) is 5.26 Å². The summed E-state index contributed by atoms with van der Waals surface area (Å²) >= 11 is 6.47. The highest BCUT2D eigenvalue weighted by Crippen LogP contribution is 2.35. The zero-order chi connectivity index (χ0) is 13.7. The van der Waals surface area contributed by atoms with Gasteiger partial charge in [0.2, 0.25) is 0 Å². The molecule has 0 N–H and O–H groups in total. The molecular weight excluding hydrogens is 360 g/mol. The van der Waals surface area contributed by atoms with Crippen LogP contribution in [0.4, 0.5) is 0 Å². The molecule has 86 valence electrons. The fourth-order valence-corrected chi connectivity index (χ4v) is 3.04. The van der Waals surface area contributed by atoms with Crippen LogP contribution < -0.4 is 0 Å². The predicted octanol–water partition coefficient (Wildman–Crippen LogP) is 3.09. The highest BCUT2D eigenvalue weighted by Gasteiger charge is 2.21. The Hall–Kier alpha value is -1.86. The Labute approximate surface area is 121 Å². The third-order valence-corrected chi connectivity index (χ3v) is 4.06. The van der Waals surface area contributed by atoms with Crippen LogP contribution in [0.2, 0.25) is 0 Å². The van der Waals surface area contributed by atoms with Crippen LogP contribution in [0.3, 0.4) is 0 Å². The molecule has 0 aliphatic rings. The van der Waals surface area contributed by atoms with Gasteiger partial charge < -0.3 is 0 Å². The topological polar surface area (TPSA) is 95.2 Å². The van der Waals surface area contributed by atoms with Gasteiger partial charge in [0.25, 0.3) is 0 Å². The Balaban J connectivity index is 3.80. The molecule has 0 aliphatic carbocycles. The maximum Gasteiger partial charge on any atom is 0.102 e. The number of rotatable bonds is 2. The number of benzene rings is 1. The summed E-state index contributed by atoms with van der Waals surface area (Å²) in [4.78, 5) is 0. The van der Waals surface area contributed by atoms with Crippen molar-refractivity contribution in [1.82, 2.24) is 0 Å². The van der Waals surface area contributed by atoms with E-state index in [1.165, 1.54) is 0 Å². The van der Waals surface area contributed by atoms with E-state index in [4.69, 9.17) is 15.8 Å². The normalized spacial score (nSPS) is 8.78. The van der Waals surface area contributed by atoms with Crippen LogP contribution in [-0.4, -0.2) is 0 Å². The lowest BCUT2D eigenvalue weighted by molar-refractivity contribution is 1.14. The molecule has 18 heavy (non-hydrogen) atoms. The fraction of sp³-hybridized carbons (Fsp3) is 0.167. The average molecular weight is 364 g/mol. The summed E-state index contributed by atoms with van der Waals surface area (Å²) in [5.41, 5.74) is 1.47. The molecule has 0 saturated heterocycles. The van der Waals surface area contributed by atoms with Crippen molar-refractivity contribution >= 4 is 31.9 Å². The Kier molecular flexibility index (Phi) is 4.87. The summed E-state index contributed by atoms with van der Waals surface area (Å²) in [6.07, 6.45) is 0.00767. The van der Waals surface area contributed by atoms with Gasteiger partial charge >= 0.3 is 0 Å². The van der Waals surface area contributed by atoms with Crippen LogP contribution in [-0.2, 0) is 12.8 Å². The summed E-state index contributed by atoms with van der Waals surface area (Å²) in [7, 11) is 0. The minimum atomic E-state index is 0.00383. The highest BCUT2D eigenvalue weighted by atomic mass is 79.9. The first-order chi connectivity index (χ1) is 8.62. The first-order valence-corrected chi connectivity index (χ1v) is 6.27. The first-order valence-electron chi connectivity index (χ1n) is 4.69. The average Bonchev–Trinajstić information content (AvgIpc) is 2.36. The molecule has 0 unspecified atom stereocenters. The van der Waals surface area contributed by atoms with Gasteiger partial charge in [-0.3, -0.25) is 0 Å². The number of nitriles is 4. The summed E-state index contributed by atoms with van der Waals surface area (Å²) in [6.45, 7) is 0. The predicted molar refractivity (Wildman–Crippen MR) is 69.9 cm³/mol. The molecule has 1 aromatic carbocycles. The monoisotopic (exact) mass is 362 g/mol. The summed E-state index contributed by atoms with van der Waals surface area (Å²) in [5.74, 6) is 0. The second-order valence-corrected chi connectivity index (χ2v) is 4.81. The third kappa shape index (κ3) is 2.36. The van der Waals surface area contributed by atoms with Crippen LogP contribution in [0, 0.1) is 45.3 Å². The molecule has 0 radical (unpaired) electrons. The molecule has 0 heterocycles. The van der Waals surface area contributed by atoms with Gasteiger partial charge in [-0.15, -0.1) is 0 Å². The van der Waals surface area contributed by atoms with Crippen LogP contribution in [0.15, 0.2) is 8.95 Å². The van der Waals surface area contributed by atoms with Crippen LogP contribution in [0.25, 0.3) is 0 Å². The van der Waals surface area contributed by atoms with Gasteiger partial charge in [0.1, 0.15) is 6.07 Å². The first kappa shape index (κ1) is 14.2. The maximum absolute atomic E-state index is 9.17.